The van der Waals surface area contributed by atoms with Crippen molar-refractivity contribution in [3.8, 4) is 0 Å². The monoisotopic (exact) mass is 618 g/mol. The standard InChI is InChI=1S/C33H63O8P/c1-3-5-7-9-11-13-14-15-16-17-18-20-21-23-25-27-32(34)39-29-31(30-40-42(36,37)38)41-33(35)28-26-24-22-19-12-10-8-6-4-2/h9,11,31H,3-8,10,12-30H2,1-2H3,(H2,36,37,38)/b11-9+/t31-/m1/s1. The van der Waals surface area contributed by atoms with Crippen LogP contribution in [0.2, 0.25) is 0 Å². The molecule has 0 heterocycles. The molecule has 0 unspecified atom stereocenters. The van der Waals surface area contributed by atoms with E-state index in [2.05, 4.69) is 30.5 Å². The predicted molar refractivity (Wildman–Crippen MR) is 170 cm³/mol. The number of ether oxygens (including phenoxy) is 2. The van der Waals surface area contributed by atoms with Crippen molar-refractivity contribution in [2.45, 2.75) is 174 Å². The number of hydrogen-bond acceptors (Lipinski definition) is 6. The lowest BCUT2D eigenvalue weighted by molar-refractivity contribution is -0.161. The van der Waals surface area contributed by atoms with Crippen molar-refractivity contribution in [2.75, 3.05) is 13.2 Å². The number of unbranched alkanes of at least 4 members (excludes halogenated alkanes) is 19. The quantitative estimate of drug-likeness (QED) is 0.0341. The molecule has 248 valence electrons. The number of rotatable bonds is 31. The van der Waals surface area contributed by atoms with E-state index in [1.165, 1.54) is 96.3 Å². The third-order valence-electron chi connectivity index (χ3n) is 7.28. The van der Waals surface area contributed by atoms with Crippen LogP contribution in [-0.2, 0) is 28.2 Å². The summed E-state index contributed by atoms with van der Waals surface area (Å²) in [7, 11) is -4.74. The Morgan fingerprint density at radius 2 is 1.02 bits per heavy atom. The summed E-state index contributed by atoms with van der Waals surface area (Å²) in [4.78, 5) is 42.4. The summed E-state index contributed by atoms with van der Waals surface area (Å²) in [6, 6.07) is 0. The normalized spacial score (nSPS) is 12.6. The van der Waals surface area contributed by atoms with Crippen molar-refractivity contribution in [1.29, 1.82) is 0 Å². The molecule has 0 spiro atoms. The van der Waals surface area contributed by atoms with Gasteiger partial charge in [-0.25, -0.2) is 4.57 Å². The molecule has 9 heteroatoms. The molecule has 42 heavy (non-hydrogen) atoms. The minimum Gasteiger partial charge on any atom is -0.462 e. The summed E-state index contributed by atoms with van der Waals surface area (Å²) in [6.45, 7) is 3.61. The SMILES string of the molecule is CCCC/C=C/CCCCCCCCCCCC(=O)OC[C@H](COP(=O)(O)O)OC(=O)CCCCCCCCCCC. The summed E-state index contributed by atoms with van der Waals surface area (Å²) in [6.07, 6.45) is 29.4. The minimum atomic E-state index is -4.74. The average Bonchev–Trinajstić information content (AvgIpc) is 2.95. The maximum atomic E-state index is 12.2. The maximum Gasteiger partial charge on any atom is 0.469 e. The molecule has 0 saturated heterocycles. The lowest BCUT2D eigenvalue weighted by Gasteiger charge is -2.18. The Kier molecular flexibility index (Phi) is 29.0. The van der Waals surface area contributed by atoms with Crippen LogP contribution in [-0.4, -0.2) is 41.0 Å². The van der Waals surface area contributed by atoms with Crippen molar-refractivity contribution in [3.63, 3.8) is 0 Å². The van der Waals surface area contributed by atoms with Gasteiger partial charge in [-0.05, 0) is 32.1 Å². The Hall–Kier alpha value is -1.21. The van der Waals surface area contributed by atoms with Crippen LogP contribution in [0.5, 0.6) is 0 Å². The summed E-state index contributed by atoms with van der Waals surface area (Å²) >= 11 is 0. The van der Waals surface area contributed by atoms with Crippen LogP contribution < -0.4 is 0 Å². The van der Waals surface area contributed by atoms with Gasteiger partial charge in [0.05, 0.1) is 6.61 Å². The number of allylic oxidation sites excluding steroid dienone is 2. The zero-order chi connectivity index (χ0) is 31.2. The average molecular weight is 619 g/mol. The van der Waals surface area contributed by atoms with E-state index in [0.29, 0.717) is 6.42 Å². The third kappa shape index (κ3) is 31.7. The number of esters is 2. The number of hydrogen-bond donors (Lipinski definition) is 2. The molecule has 2 N–H and O–H groups in total. The molecule has 8 nitrogen and oxygen atoms in total. The van der Waals surface area contributed by atoms with Crippen LogP contribution in [0.1, 0.15) is 168 Å². The zero-order valence-electron chi connectivity index (χ0n) is 26.9. The zero-order valence-corrected chi connectivity index (χ0v) is 27.8. The van der Waals surface area contributed by atoms with Gasteiger partial charge in [-0.15, -0.1) is 0 Å². The van der Waals surface area contributed by atoms with Crippen molar-refractivity contribution in [1.82, 2.24) is 0 Å². The Morgan fingerprint density at radius 1 is 0.595 bits per heavy atom. The van der Waals surface area contributed by atoms with E-state index in [1.54, 1.807) is 0 Å². The Labute approximate surface area is 257 Å². The first-order chi connectivity index (χ1) is 20.3. The van der Waals surface area contributed by atoms with Gasteiger partial charge in [0.25, 0.3) is 0 Å². The fourth-order valence-corrected chi connectivity index (χ4v) is 5.07. The van der Waals surface area contributed by atoms with Crippen LogP contribution in [0.15, 0.2) is 12.2 Å². The van der Waals surface area contributed by atoms with Gasteiger partial charge >= 0.3 is 19.8 Å². The van der Waals surface area contributed by atoms with E-state index in [1.807, 2.05) is 0 Å². The fourth-order valence-electron chi connectivity index (χ4n) is 4.71. The second-order valence-corrected chi connectivity index (χ2v) is 12.7. The molecule has 0 amide bonds. The highest BCUT2D eigenvalue weighted by molar-refractivity contribution is 7.46. The van der Waals surface area contributed by atoms with Crippen LogP contribution in [0.25, 0.3) is 0 Å². The second-order valence-electron chi connectivity index (χ2n) is 11.5. The number of carbonyl (C=O) groups is 2. The highest BCUT2D eigenvalue weighted by atomic mass is 31.2. The summed E-state index contributed by atoms with van der Waals surface area (Å²) in [5, 5.41) is 0. The van der Waals surface area contributed by atoms with E-state index < -0.39 is 32.5 Å². The molecule has 0 saturated carbocycles. The summed E-state index contributed by atoms with van der Waals surface area (Å²) in [5.74, 6) is -0.887. The molecule has 0 rings (SSSR count). The number of phosphoric ester groups is 1. The first-order valence-electron chi connectivity index (χ1n) is 17.0. The summed E-state index contributed by atoms with van der Waals surface area (Å²) in [5.41, 5.74) is 0. The van der Waals surface area contributed by atoms with E-state index in [0.717, 1.165) is 38.5 Å². The van der Waals surface area contributed by atoms with Gasteiger partial charge in [-0.2, -0.15) is 0 Å². The van der Waals surface area contributed by atoms with Gasteiger partial charge in [0, 0.05) is 12.8 Å². The Balaban J connectivity index is 3.95. The maximum absolute atomic E-state index is 12.2. The topological polar surface area (TPSA) is 119 Å². The first-order valence-corrected chi connectivity index (χ1v) is 18.5. The van der Waals surface area contributed by atoms with Gasteiger partial charge in [0.1, 0.15) is 6.61 Å². The smallest absolute Gasteiger partial charge is 0.462 e. The molecule has 0 aliphatic rings. The van der Waals surface area contributed by atoms with E-state index in [4.69, 9.17) is 19.3 Å². The Bertz CT molecular complexity index is 706. The molecule has 0 radical (unpaired) electrons. The molecule has 0 aromatic rings. The van der Waals surface area contributed by atoms with E-state index >= 15 is 0 Å². The third-order valence-corrected chi connectivity index (χ3v) is 7.77. The van der Waals surface area contributed by atoms with Gasteiger partial charge in [0.2, 0.25) is 0 Å². The first kappa shape index (κ1) is 40.8. The van der Waals surface area contributed by atoms with Crippen molar-refractivity contribution in [3.05, 3.63) is 12.2 Å². The van der Waals surface area contributed by atoms with Crippen LogP contribution >= 0.6 is 7.82 Å². The lowest BCUT2D eigenvalue weighted by atomic mass is 10.1. The molecule has 1 atom stereocenters. The highest BCUT2D eigenvalue weighted by Gasteiger charge is 2.22. The van der Waals surface area contributed by atoms with E-state index in [-0.39, 0.29) is 19.4 Å². The molecule has 0 aromatic heterocycles. The molecular formula is C33H63O8P. The minimum absolute atomic E-state index is 0.215. The largest absolute Gasteiger partial charge is 0.469 e. The molecular weight excluding hydrogens is 555 g/mol. The van der Waals surface area contributed by atoms with Gasteiger partial charge in [0.15, 0.2) is 6.10 Å². The van der Waals surface area contributed by atoms with Gasteiger partial charge < -0.3 is 19.3 Å². The second kappa shape index (κ2) is 29.8. The lowest BCUT2D eigenvalue weighted by Crippen LogP contribution is -2.29. The van der Waals surface area contributed by atoms with Crippen LogP contribution in [0.3, 0.4) is 0 Å². The van der Waals surface area contributed by atoms with Crippen molar-refractivity contribution in [2.24, 2.45) is 0 Å². The number of carbonyl (C=O) groups excluding carboxylic acids is 2. The molecule has 0 fully saturated rings. The Morgan fingerprint density at radius 3 is 1.52 bits per heavy atom. The van der Waals surface area contributed by atoms with Gasteiger partial charge in [-0.3, -0.25) is 14.1 Å². The van der Waals surface area contributed by atoms with Crippen molar-refractivity contribution >= 4 is 19.8 Å². The molecule has 0 aliphatic carbocycles. The van der Waals surface area contributed by atoms with Gasteiger partial charge in [-0.1, -0.05) is 135 Å². The predicted octanol–water partition coefficient (Wildman–Crippen LogP) is 9.51. The molecule has 0 bridgehead atoms. The fraction of sp³-hybridized carbons (Fsp3) is 0.879. The molecule has 0 aromatic carbocycles. The van der Waals surface area contributed by atoms with Crippen molar-refractivity contribution < 1.29 is 37.9 Å². The number of phosphoric acid groups is 1. The van der Waals surface area contributed by atoms with E-state index in [9.17, 15) is 14.2 Å². The van der Waals surface area contributed by atoms with Crippen LogP contribution in [0, 0.1) is 0 Å². The van der Waals surface area contributed by atoms with Crippen LogP contribution in [0.4, 0.5) is 0 Å². The molecule has 0 aliphatic heterocycles. The summed E-state index contributed by atoms with van der Waals surface area (Å²) < 4.78 is 26.2. The highest BCUT2D eigenvalue weighted by Crippen LogP contribution is 2.36.